The first-order valence-corrected chi connectivity index (χ1v) is 6.26. The van der Waals surface area contributed by atoms with E-state index in [1.54, 1.807) is 0 Å². The van der Waals surface area contributed by atoms with Gasteiger partial charge in [-0.05, 0) is 18.3 Å². The highest BCUT2D eigenvalue weighted by molar-refractivity contribution is 7.13. The summed E-state index contributed by atoms with van der Waals surface area (Å²) in [7, 11) is 0. The van der Waals surface area contributed by atoms with Crippen LogP contribution in [-0.2, 0) is 11.8 Å². The first-order chi connectivity index (χ1) is 7.21. The number of carbonyl (C=O) groups is 1. The molecule has 3 nitrogen and oxygen atoms in total. The minimum atomic E-state index is -0.909. The zero-order chi connectivity index (χ0) is 12.1. The van der Waals surface area contributed by atoms with Crippen LogP contribution < -0.4 is 0 Å². The normalized spacial score (nSPS) is 21.5. The van der Waals surface area contributed by atoms with Crippen molar-refractivity contribution in [3.05, 3.63) is 15.6 Å². The molecular formula is C12H17NO2S. The monoisotopic (exact) mass is 239 g/mol. The van der Waals surface area contributed by atoms with Gasteiger partial charge in [0.25, 0.3) is 0 Å². The molecule has 0 aromatic carbocycles. The van der Waals surface area contributed by atoms with Gasteiger partial charge in [0.1, 0.15) is 0 Å². The molecule has 0 saturated carbocycles. The summed E-state index contributed by atoms with van der Waals surface area (Å²) in [5.41, 5.74) is 1.24. The van der Waals surface area contributed by atoms with Gasteiger partial charge in [-0.3, -0.25) is 0 Å². The van der Waals surface area contributed by atoms with Gasteiger partial charge >= 0.3 is 5.97 Å². The molecule has 0 amide bonds. The number of nitrogens with zero attached hydrogens (tertiary/aromatic N) is 1. The smallest absolute Gasteiger partial charge is 0.365 e. The minimum absolute atomic E-state index is 0.0441. The van der Waals surface area contributed by atoms with E-state index in [1.165, 1.54) is 11.3 Å². The van der Waals surface area contributed by atoms with Crippen molar-refractivity contribution in [3.8, 4) is 0 Å². The number of aromatic nitrogens is 1. The molecule has 16 heavy (non-hydrogen) atoms. The zero-order valence-electron chi connectivity index (χ0n) is 10.1. The third-order valence-corrected chi connectivity index (χ3v) is 4.51. The van der Waals surface area contributed by atoms with E-state index in [2.05, 4.69) is 32.7 Å². The Bertz CT molecular complexity index is 446. The standard InChI is InChI=1S/C12H17NO2S/c1-11(2)5-7-8(12(3,4)6-11)16-9(13-7)10(14)15/h5-6H2,1-4H3,(H,14,15). The molecule has 1 N–H and O–H groups in total. The van der Waals surface area contributed by atoms with Gasteiger partial charge in [0.05, 0.1) is 5.69 Å². The predicted octanol–water partition coefficient (Wildman–Crippen LogP) is 3.09. The van der Waals surface area contributed by atoms with Crippen LogP contribution in [0.4, 0.5) is 0 Å². The van der Waals surface area contributed by atoms with Crippen molar-refractivity contribution < 1.29 is 9.90 Å². The molecule has 88 valence electrons. The highest BCUT2D eigenvalue weighted by Gasteiger charge is 2.40. The van der Waals surface area contributed by atoms with Gasteiger partial charge in [-0.15, -0.1) is 11.3 Å². The molecule has 0 unspecified atom stereocenters. The van der Waals surface area contributed by atoms with E-state index >= 15 is 0 Å². The van der Waals surface area contributed by atoms with Crippen molar-refractivity contribution in [1.82, 2.24) is 4.98 Å². The topological polar surface area (TPSA) is 50.2 Å². The number of carboxylic acids is 1. The number of hydrogen-bond donors (Lipinski definition) is 1. The second-order valence-corrected chi connectivity index (χ2v) is 7.00. The maximum atomic E-state index is 10.9. The molecule has 0 radical (unpaired) electrons. The van der Waals surface area contributed by atoms with E-state index in [4.69, 9.17) is 5.11 Å². The van der Waals surface area contributed by atoms with E-state index in [0.717, 1.165) is 23.4 Å². The van der Waals surface area contributed by atoms with Crippen LogP contribution in [0.15, 0.2) is 0 Å². The van der Waals surface area contributed by atoms with Gasteiger partial charge < -0.3 is 5.11 Å². The second-order valence-electron chi connectivity index (χ2n) is 6.00. The van der Waals surface area contributed by atoms with Crippen LogP contribution in [0, 0.1) is 5.41 Å². The van der Waals surface area contributed by atoms with Crippen LogP contribution in [0.1, 0.15) is 54.5 Å². The number of aromatic carboxylic acids is 1. The minimum Gasteiger partial charge on any atom is -0.476 e. The molecule has 0 atom stereocenters. The molecule has 0 fully saturated rings. The van der Waals surface area contributed by atoms with E-state index in [1.807, 2.05) is 0 Å². The molecule has 1 aliphatic rings. The average Bonchev–Trinajstić information content (AvgIpc) is 2.44. The third-order valence-electron chi connectivity index (χ3n) is 3.06. The first-order valence-electron chi connectivity index (χ1n) is 5.45. The SMILES string of the molecule is CC1(C)Cc2nc(C(=O)O)sc2C(C)(C)C1. The van der Waals surface area contributed by atoms with Gasteiger partial charge in [-0.1, -0.05) is 27.7 Å². The number of rotatable bonds is 1. The molecule has 1 aromatic heterocycles. The summed E-state index contributed by atoms with van der Waals surface area (Å²) in [6.07, 6.45) is 1.96. The fourth-order valence-electron chi connectivity index (χ4n) is 2.88. The summed E-state index contributed by atoms with van der Waals surface area (Å²) in [6, 6.07) is 0. The molecule has 0 bridgehead atoms. The van der Waals surface area contributed by atoms with Gasteiger partial charge in [0, 0.05) is 10.3 Å². The summed E-state index contributed by atoms with van der Waals surface area (Å²) in [4.78, 5) is 16.4. The second kappa shape index (κ2) is 3.29. The molecule has 1 aromatic rings. The first kappa shape index (κ1) is 11.6. The van der Waals surface area contributed by atoms with Gasteiger partial charge in [-0.2, -0.15) is 0 Å². The van der Waals surface area contributed by atoms with Crippen molar-refractivity contribution in [2.24, 2.45) is 5.41 Å². The van der Waals surface area contributed by atoms with Crippen LogP contribution in [0.25, 0.3) is 0 Å². The van der Waals surface area contributed by atoms with Crippen LogP contribution in [-0.4, -0.2) is 16.1 Å². The lowest BCUT2D eigenvalue weighted by molar-refractivity contribution is 0.0696. The molecule has 4 heteroatoms. The van der Waals surface area contributed by atoms with Crippen molar-refractivity contribution in [2.45, 2.75) is 46.0 Å². The molecule has 1 aliphatic carbocycles. The van der Waals surface area contributed by atoms with Crippen molar-refractivity contribution >= 4 is 17.3 Å². The maximum absolute atomic E-state index is 10.9. The third kappa shape index (κ3) is 1.86. The lowest BCUT2D eigenvalue weighted by Gasteiger charge is -2.39. The Morgan fingerprint density at radius 1 is 1.38 bits per heavy atom. The quantitative estimate of drug-likeness (QED) is 0.819. The summed E-state index contributed by atoms with van der Waals surface area (Å²) >= 11 is 1.34. The predicted molar refractivity (Wildman–Crippen MR) is 64.2 cm³/mol. The summed E-state index contributed by atoms with van der Waals surface area (Å²) in [6.45, 7) is 8.79. The van der Waals surface area contributed by atoms with E-state index in [0.29, 0.717) is 0 Å². The van der Waals surface area contributed by atoms with Crippen LogP contribution in [0.3, 0.4) is 0 Å². The number of thiazole rings is 1. The largest absolute Gasteiger partial charge is 0.476 e. The molecule has 2 rings (SSSR count). The molecule has 0 saturated heterocycles. The van der Waals surface area contributed by atoms with Gasteiger partial charge in [-0.25, -0.2) is 9.78 Å². The number of fused-ring (bicyclic) bond motifs is 1. The maximum Gasteiger partial charge on any atom is 0.365 e. The van der Waals surface area contributed by atoms with Gasteiger partial charge in [0.15, 0.2) is 0 Å². The van der Waals surface area contributed by atoms with Crippen molar-refractivity contribution in [1.29, 1.82) is 0 Å². The van der Waals surface area contributed by atoms with E-state index in [-0.39, 0.29) is 15.8 Å². The average molecular weight is 239 g/mol. The molecular weight excluding hydrogens is 222 g/mol. The fraction of sp³-hybridized carbons (Fsp3) is 0.667. The Morgan fingerprint density at radius 3 is 2.56 bits per heavy atom. The highest BCUT2D eigenvalue weighted by atomic mass is 32.1. The fourth-order valence-corrected chi connectivity index (χ4v) is 3.90. The summed E-state index contributed by atoms with van der Waals surface area (Å²) in [5.74, 6) is -0.909. The Labute approximate surface area is 99.5 Å². The lowest BCUT2D eigenvalue weighted by Crippen LogP contribution is -2.33. The zero-order valence-corrected chi connectivity index (χ0v) is 10.9. The van der Waals surface area contributed by atoms with E-state index < -0.39 is 5.97 Å². The lowest BCUT2D eigenvalue weighted by atomic mass is 9.67. The van der Waals surface area contributed by atoms with Crippen molar-refractivity contribution in [3.63, 3.8) is 0 Å². The number of carboxylic acid groups (broad SMARTS) is 1. The molecule has 0 spiro atoms. The highest BCUT2D eigenvalue weighted by Crippen LogP contribution is 2.47. The Balaban J connectivity index is 2.52. The summed E-state index contributed by atoms with van der Waals surface area (Å²) < 4.78 is 0. The van der Waals surface area contributed by atoms with Gasteiger partial charge in [0.2, 0.25) is 5.01 Å². The Kier molecular flexibility index (Phi) is 2.38. The Hall–Kier alpha value is -0.900. The van der Waals surface area contributed by atoms with Crippen LogP contribution in [0.5, 0.6) is 0 Å². The van der Waals surface area contributed by atoms with Crippen LogP contribution >= 0.6 is 11.3 Å². The number of hydrogen-bond acceptors (Lipinski definition) is 3. The van der Waals surface area contributed by atoms with Crippen LogP contribution in [0.2, 0.25) is 0 Å². The van der Waals surface area contributed by atoms with Crippen molar-refractivity contribution in [2.75, 3.05) is 0 Å². The summed E-state index contributed by atoms with van der Waals surface area (Å²) in [5, 5.41) is 9.21. The molecule has 0 aliphatic heterocycles. The molecule has 1 heterocycles. The Morgan fingerprint density at radius 2 is 2.00 bits per heavy atom. The van der Waals surface area contributed by atoms with E-state index in [9.17, 15) is 4.79 Å².